The van der Waals surface area contributed by atoms with Crippen LogP contribution in [0.25, 0.3) is 0 Å². The molecule has 1 aromatic rings. The highest BCUT2D eigenvalue weighted by Crippen LogP contribution is 2.19. The molecule has 0 atom stereocenters. The van der Waals surface area contributed by atoms with Crippen LogP contribution in [0.1, 0.15) is 10.5 Å². The van der Waals surface area contributed by atoms with Crippen LogP contribution in [0.15, 0.2) is 30.1 Å². The van der Waals surface area contributed by atoms with E-state index in [0.29, 0.717) is 6.54 Å². The van der Waals surface area contributed by atoms with Gasteiger partial charge in [-0.15, -0.1) is 0 Å². The Hall–Kier alpha value is -1.51. The third kappa shape index (κ3) is 1.26. The molecule has 1 aliphatic heterocycles. The molecule has 68 valence electrons. The van der Waals surface area contributed by atoms with Crippen LogP contribution in [0.5, 0.6) is 0 Å². The average molecular weight is 176 g/mol. The minimum Gasteiger partial charge on any atom is -0.383 e. The van der Waals surface area contributed by atoms with Crippen molar-refractivity contribution in [2.45, 2.75) is 6.54 Å². The molecule has 2 rings (SSSR count). The molecule has 0 bridgehead atoms. The van der Waals surface area contributed by atoms with Gasteiger partial charge in [0, 0.05) is 32.1 Å². The number of nitrogens with zero attached hydrogens (tertiary/aromatic N) is 2. The summed E-state index contributed by atoms with van der Waals surface area (Å²) < 4.78 is 1.97. The molecule has 2 heterocycles. The highest BCUT2D eigenvalue weighted by atomic mass is 16.1. The molecular formula is C10H12N2O. The Labute approximate surface area is 77.3 Å². The number of fused-ring (bicyclic) bond motifs is 1. The molecular weight excluding hydrogens is 164 g/mol. The summed E-state index contributed by atoms with van der Waals surface area (Å²) in [5.41, 5.74) is 1.66. The Bertz CT molecular complexity index is 374. The maximum Gasteiger partial charge on any atom is 0.208 e. The Balaban J connectivity index is 2.34. The van der Waals surface area contributed by atoms with Gasteiger partial charge in [-0.25, -0.2) is 0 Å². The molecule has 0 radical (unpaired) electrons. The average Bonchev–Trinajstić information content (AvgIpc) is 2.56. The second-order valence-electron chi connectivity index (χ2n) is 3.47. The van der Waals surface area contributed by atoms with Gasteiger partial charge in [-0.05, 0) is 12.1 Å². The predicted octanol–water partition coefficient (Wildman–Crippen LogP) is 1.13. The van der Waals surface area contributed by atoms with Gasteiger partial charge >= 0.3 is 0 Å². The van der Waals surface area contributed by atoms with Crippen LogP contribution in [0, 0.1) is 0 Å². The molecule has 0 saturated carbocycles. The highest BCUT2D eigenvalue weighted by Gasteiger charge is 2.23. The molecule has 3 heteroatoms. The van der Waals surface area contributed by atoms with E-state index in [1.165, 1.54) is 0 Å². The first-order valence-corrected chi connectivity index (χ1v) is 4.25. The Morgan fingerprint density at radius 3 is 2.92 bits per heavy atom. The molecule has 0 aliphatic carbocycles. The van der Waals surface area contributed by atoms with Crippen molar-refractivity contribution in [1.82, 2.24) is 9.47 Å². The van der Waals surface area contributed by atoms with Crippen LogP contribution in [-0.2, 0) is 6.54 Å². The van der Waals surface area contributed by atoms with E-state index in [9.17, 15) is 4.79 Å². The molecule has 1 aromatic heterocycles. The molecule has 13 heavy (non-hydrogen) atoms. The van der Waals surface area contributed by atoms with Gasteiger partial charge in [0.1, 0.15) is 0 Å². The van der Waals surface area contributed by atoms with Crippen molar-refractivity contribution in [1.29, 1.82) is 0 Å². The molecule has 1 aliphatic rings. The van der Waals surface area contributed by atoms with Gasteiger partial charge < -0.3 is 9.47 Å². The minimum atomic E-state index is 0.152. The van der Waals surface area contributed by atoms with Crippen LogP contribution < -0.4 is 0 Å². The van der Waals surface area contributed by atoms with E-state index in [2.05, 4.69) is 0 Å². The number of aromatic nitrogens is 1. The third-order valence-corrected chi connectivity index (χ3v) is 2.11. The Kier molecular flexibility index (Phi) is 1.72. The first-order valence-electron chi connectivity index (χ1n) is 4.25. The lowest BCUT2D eigenvalue weighted by molar-refractivity contribution is 0.103. The second kappa shape index (κ2) is 2.76. The first-order chi connectivity index (χ1) is 6.18. The highest BCUT2D eigenvalue weighted by molar-refractivity contribution is 6.09. The SMILES string of the molecule is CN(C)/C=C1\Cn2cccc2C1=O. The maximum absolute atomic E-state index is 11.7. The molecule has 0 aromatic carbocycles. The van der Waals surface area contributed by atoms with Crippen LogP contribution in [-0.4, -0.2) is 29.3 Å². The number of rotatable bonds is 1. The molecule has 0 spiro atoms. The number of allylic oxidation sites excluding steroid dienone is 1. The number of carbonyl (C=O) groups excluding carboxylic acids is 1. The van der Waals surface area contributed by atoms with Gasteiger partial charge in [0.25, 0.3) is 0 Å². The van der Waals surface area contributed by atoms with Gasteiger partial charge in [0.2, 0.25) is 5.78 Å². The van der Waals surface area contributed by atoms with E-state index in [0.717, 1.165) is 11.3 Å². The minimum absolute atomic E-state index is 0.152. The lowest BCUT2D eigenvalue weighted by Crippen LogP contribution is -2.06. The van der Waals surface area contributed by atoms with Crippen LogP contribution in [0.4, 0.5) is 0 Å². The Morgan fingerprint density at radius 1 is 1.54 bits per heavy atom. The largest absolute Gasteiger partial charge is 0.383 e. The normalized spacial score (nSPS) is 18.0. The number of ketones is 1. The second-order valence-corrected chi connectivity index (χ2v) is 3.47. The summed E-state index contributed by atoms with van der Waals surface area (Å²) in [5.74, 6) is 0.152. The fourth-order valence-corrected chi connectivity index (χ4v) is 1.59. The Morgan fingerprint density at radius 2 is 2.31 bits per heavy atom. The van der Waals surface area contributed by atoms with Gasteiger partial charge in [0.15, 0.2) is 0 Å². The number of hydrogen-bond donors (Lipinski definition) is 0. The fraction of sp³-hybridized carbons (Fsp3) is 0.300. The third-order valence-electron chi connectivity index (χ3n) is 2.11. The molecule has 0 saturated heterocycles. The number of Topliss-reactive ketones (excluding diaryl/α,β-unsaturated/α-hetero) is 1. The summed E-state index contributed by atoms with van der Waals surface area (Å²) in [5, 5.41) is 0. The molecule has 0 unspecified atom stereocenters. The van der Waals surface area contributed by atoms with Crippen LogP contribution in [0.2, 0.25) is 0 Å². The summed E-state index contributed by atoms with van der Waals surface area (Å²) in [6, 6.07) is 3.76. The summed E-state index contributed by atoms with van der Waals surface area (Å²) in [6.07, 6.45) is 3.82. The van der Waals surface area contributed by atoms with Gasteiger partial charge in [-0.2, -0.15) is 0 Å². The standard InChI is InChI=1S/C10H12N2O/c1-11(2)6-8-7-12-5-3-4-9(12)10(8)13/h3-6H,7H2,1-2H3/b8-6+. The van der Waals surface area contributed by atoms with E-state index in [4.69, 9.17) is 0 Å². The molecule has 0 fully saturated rings. The summed E-state index contributed by atoms with van der Waals surface area (Å²) in [4.78, 5) is 13.6. The maximum atomic E-state index is 11.7. The zero-order chi connectivity index (χ0) is 9.42. The summed E-state index contributed by atoms with van der Waals surface area (Å²) in [6.45, 7) is 0.708. The van der Waals surface area contributed by atoms with Crippen molar-refractivity contribution >= 4 is 5.78 Å². The van der Waals surface area contributed by atoms with E-state index in [-0.39, 0.29) is 5.78 Å². The topological polar surface area (TPSA) is 25.2 Å². The predicted molar refractivity (Wildman–Crippen MR) is 50.5 cm³/mol. The van der Waals surface area contributed by atoms with Crippen molar-refractivity contribution in [2.24, 2.45) is 0 Å². The van der Waals surface area contributed by atoms with E-state index < -0.39 is 0 Å². The zero-order valence-corrected chi connectivity index (χ0v) is 7.82. The zero-order valence-electron chi connectivity index (χ0n) is 7.82. The van der Waals surface area contributed by atoms with Crippen molar-refractivity contribution < 1.29 is 4.79 Å². The quantitative estimate of drug-likeness (QED) is 0.599. The molecule has 0 amide bonds. The smallest absolute Gasteiger partial charge is 0.208 e. The van der Waals surface area contributed by atoms with Gasteiger partial charge in [-0.3, -0.25) is 4.79 Å². The van der Waals surface area contributed by atoms with Crippen molar-refractivity contribution in [3.63, 3.8) is 0 Å². The summed E-state index contributed by atoms with van der Waals surface area (Å²) >= 11 is 0. The number of carbonyl (C=O) groups is 1. The first kappa shape index (κ1) is 8.10. The monoisotopic (exact) mass is 176 g/mol. The summed E-state index contributed by atoms with van der Waals surface area (Å²) in [7, 11) is 3.85. The van der Waals surface area contributed by atoms with Crippen molar-refractivity contribution in [2.75, 3.05) is 14.1 Å². The lowest BCUT2D eigenvalue weighted by atomic mass is 10.2. The van der Waals surface area contributed by atoms with Gasteiger partial charge in [-0.1, -0.05) is 0 Å². The van der Waals surface area contributed by atoms with E-state index in [1.54, 1.807) is 0 Å². The molecule has 0 N–H and O–H groups in total. The van der Waals surface area contributed by atoms with Gasteiger partial charge in [0.05, 0.1) is 12.2 Å². The van der Waals surface area contributed by atoms with Crippen molar-refractivity contribution in [3.05, 3.63) is 35.8 Å². The lowest BCUT2D eigenvalue weighted by Gasteiger charge is -2.05. The van der Waals surface area contributed by atoms with Crippen LogP contribution >= 0.6 is 0 Å². The number of hydrogen-bond acceptors (Lipinski definition) is 2. The molecule has 3 nitrogen and oxygen atoms in total. The fourth-order valence-electron chi connectivity index (χ4n) is 1.59. The van der Waals surface area contributed by atoms with E-state index >= 15 is 0 Å². The van der Waals surface area contributed by atoms with Crippen molar-refractivity contribution in [3.8, 4) is 0 Å². The van der Waals surface area contributed by atoms with E-state index in [1.807, 2.05) is 48.1 Å². The van der Waals surface area contributed by atoms with Crippen LogP contribution in [0.3, 0.4) is 0 Å².